The summed E-state index contributed by atoms with van der Waals surface area (Å²) in [7, 11) is 0. The molecular weight excluding hydrogens is 418 g/mol. The number of hydrogen-bond donors (Lipinski definition) is 0. The third-order valence-electron chi connectivity index (χ3n) is 8.03. The highest BCUT2D eigenvalue weighted by atomic mass is 16.6. The van der Waals surface area contributed by atoms with Crippen molar-refractivity contribution >= 4 is 28.7 Å². The van der Waals surface area contributed by atoms with E-state index >= 15 is 0 Å². The van der Waals surface area contributed by atoms with Gasteiger partial charge in [-0.25, -0.2) is 4.79 Å². The molecular formula is C26H29N3O4. The molecule has 3 amide bonds. The zero-order valence-corrected chi connectivity index (χ0v) is 18.7. The van der Waals surface area contributed by atoms with Crippen LogP contribution >= 0.6 is 0 Å². The first-order valence-electron chi connectivity index (χ1n) is 12.1. The van der Waals surface area contributed by atoms with E-state index in [4.69, 9.17) is 4.74 Å². The van der Waals surface area contributed by atoms with E-state index < -0.39 is 6.04 Å². The van der Waals surface area contributed by atoms with Gasteiger partial charge in [0.25, 0.3) is 5.91 Å². The number of amides is 3. The van der Waals surface area contributed by atoms with Gasteiger partial charge in [-0.2, -0.15) is 0 Å². The van der Waals surface area contributed by atoms with Crippen LogP contribution in [0.25, 0.3) is 10.8 Å². The van der Waals surface area contributed by atoms with Crippen molar-refractivity contribution in [1.29, 1.82) is 0 Å². The molecule has 3 heterocycles. The number of nitrogens with zero attached hydrogens (tertiary/aromatic N) is 3. The van der Waals surface area contributed by atoms with Crippen LogP contribution in [0.3, 0.4) is 0 Å². The van der Waals surface area contributed by atoms with E-state index in [9.17, 15) is 14.4 Å². The van der Waals surface area contributed by atoms with Crippen molar-refractivity contribution in [2.24, 2.45) is 5.92 Å². The average molecular weight is 448 g/mol. The maximum atomic E-state index is 13.9. The predicted molar refractivity (Wildman–Crippen MR) is 123 cm³/mol. The number of likely N-dealkylation sites (tertiary alicyclic amines) is 1. The normalized spacial score (nSPS) is 29.1. The maximum Gasteiger partial charge on any atom is 0.410 e. The molecule has 0 N–H and O–H groups in total. The van der Waals surface area contributed by atoms with Crippen LogP contribution in [0.1, 0.15) is 42.5 Å². The minimum atomic E-state index is -0.429. The summed E-state index contributed by atoms with van der Waals surface area (Å²) < 4.78 is 5.17. The van der Waals surface area contributed by atoms with E-state index in [0.717, 1.165) is 36.5 Å². The van der Waals surface area contributed by atoms with Crippen LogP contribution in [0.4, 0.5) is 4.79 Å². The van der Waals surface area contributed by atoms with Gasteiger partial charge in [0.05, 0.1) is 6.04 Å². The predicted octanol–water partition coefficient (Wildman–Crippen LogP) is 3.28. The van der Waals surface area contributed by atoms with Gasteiger partial charge < -0.3 is 14.5 Å². The number of piperazine rings is 1. The second-order valence-corrected chi connectivity index (χ2v) is 9.85. The molecule has 7 heteroatoms. The topological polar surface area (TPSA) is 70.2 Å². The van der Waals surface area contributed by atoms with Crippen molar-refractivity contribution in [3.63, 3.8) is 0 Å². The summed E-state index contributed by atoms with van der Waals surface area (Å²) in [6.45, 7) is 1.80. The minimum absolute atomic E-state index is 0.0255. The van der Waals surface area contributed by atoms with Gasteiger partial charge in [0.1, 0.15) is 12.6 Å². The summed E-state index contributed by atoms with van der Waals surface area (Å²) in [6, 6.07) is 13.5. The van der Waals surface area contributed by atoms with Gasteiger partial charge >= 0.3 is 6.09 Å². The Morgan fingerprint density at radius 1 is 0.970 bits per heavy atom. The average Bonchev–Trinajstić information content (AvgIpc) is 3.43. The van der Waals surface area contributed by atoms with Gasteiger partial charge in [0.2, 0.25) is 5.91 Å². The van der Waals surface area contributed by atoms with Gasteiger partial charge in [-0.3, -0.25) is 14.5 Å². The Kier molecular flexibility index (Phi) is 5.00. The number of fused-ring (bicyclic) bond motifs is 3. The molecule has 3 saturated heterocycles. The lowest BCUT2D eigenvalue weighted by atomic mass is 9.84. The highest BCUT2D eigenvalue weighted by Gasteiger charge is 2.50. The van der Waals surface area contributed by atoms with Crippen LogP contribution in [0.2, 0.25) is 0 Å². The molecule has 4 aliphatic rings. The first kappa shape index (κ1) is 20.5. The molecule has 0 bridgehead atoms. The van der Waals surface area contributed by atoms with Crippen LogP contribution in [-0.4, -0.2) is 77.0 Å². The zero-order chi connectivity index (χ0) is 22.5. The largest absolute Gasteiger partial charge is 0.447 e. The fourth-order valence-electron chi connectivity index (χ4n) is 6.34. The van der Waals surface area contributed by atoms with E-state index in [-0.39, 0.29) is 30.0 Å². The SMILES string of the molecule is O=C([C@@H]1C[C@@H]2CCCC[C@@H]2N1C(=O)c1ccc2ccccc2c1)N1CCN2C(=O)OCC2C1. The number of carbonyl (C=O) groups is 3. The van der Waals surface area contributed by atoms with Crippen LogP contribution in [0.15, 0.2) is 42.5 Å². The second-order valence-electron chi connectivity index (χ2n) is 9.85. The van der Waals surface area contributed by atoms with Crippen LogP contribution in [0.5, 0.6) is 0 Å². The van der Waals surface area contributed by atoms with E-state index in [1.54, 1.807) is 4.90 Å². The standard InChI is InChI=1S/C26H29N3O4/c30-24(20-10-9-17-5-1-2-6-18(17)13-20)29-22-8-4-3-7-19(22)14-23(29)25(31)27-11-12-28-21(15-27)16-33-26(28)32/h1-2,5-6,9-10,13,19,21-23H,3-4,7-8,11-12,14-16H2/t19-,21?,22-,23-/m0/s1. The molecule has 4 fully saturated rings. The molecule has 1 aliphatic carbocycles. The molecule has 0 spiro atoms. The van der Waals surface area contributed by atoms with E-state index in [1.807, 2.05) is 52.3 Å². The monoisotopic (exact) mass is 447 g/mol. The molecule has 0 radical (unpaired) electrons. The van der Waals surface area contributed by atoms with Crippen molar-refractivity contribution in [2.45, 2.75) is 50.2 Å². The summed E-state index contributed by atoms with van der Waals surface area (Å²) in [5, 5.41) is 2.14. The number of hydrogen-bond acceptors (Lipinski definition) is 4. The summed E-state index contributed by atoms with van der Waals surface area (Å²) in [5.41, 5.74) is 0.650. The molecule has 7 nitrogen and oxygen atoms in total. The molecule has 2 aromatic rings. The number of benzene rings is 2. The van der Waals surface area contributed by atoms with E-state index in [0.29, 0.717) is 37.7 Å². The first-order valence-corrected chi connectivity index (χ1v) is 12.1. The molecule has 3 aliphatic heterocycles. The van der Waals surface area contributed by atoms with Crippen molar-refractivity contribution in [3.05, 3.63) is 48.0 Å². The minimum Gasteiger partial charge on any atom is -0.447 e. The first-order chi connectivity index (χ1) is 16.1. The third-order valence-corrected chi connectivity index (χ3v) is 8.03. The van der Waals surface area contributed by atoms with Crippen molar-refractivity contribution in [1.82, 2.24) is 14.7 Å². The van der Waals surface area contributed by atoms with Gasteiger partial charge in [-0.05, 0) is 48.1 Å². The third kappa shape index (κ3) is 3.45. The Morgan fingerprint density at radius 2 is 1.79 bits per heavy atom. The molecule has 1 saturated carbocycles. The van der Waals surface area contributed by atoms with Crippen molar-refractivity contribution in [2.75, 3.05) is 26.2 Å². The summed E-state index contributed by atoms with van der Waals surface area (Å²) in [5.74, 6) is 0.374. The summed E-state index contributed by atoms with van der Waals surface area (Å²) in [6.07, 6.45) is 4.76. The number of ether oxygens (including phenoxy) is 1. The lowest BCUT2D eigenvalue weighted by Crippen LogP contribution is -2.58. The summed E-state index contributed by atoms with van der Waals surface area (Å²) in [4.78, 5) is 44.9. The molecule has 6 rings (SSSR count). The Balaban J connectivity index is 1.29. The maximum absolute atomic E-state index is 13.9. The highest BCUT2D eigenvalue weighted by Crippen LogP contribution is 2.41. The Hall–Kier alpha value is -3.09. The number of rotatable bonds is 2. The quantitative estimate of drug-likeness (QED) is 0.709. The number of cyclic esters (lactones) is 1. The Morgan fingerprint density at radius 3 is 2.67 bits per heavy atom. The van der Waals surface area contributed by atoms with E-state index in [1.165, 1.54) is 6.42 Å². The van der Waals surface area contributed by atoms with Crippen LogP contribution < -0.4 is 0 Å². The lowest BCUT2D eigenvalue weighted by molar-refractivity contribution is -0.137. The highest BCUT2D eigenvalue weighted by molar-refractivity contribution is 6.01. The van der Waals surface area contributed by atoms with Crippen molar-refractivity contribution < 1.29 is 19.1 Å². The van der Waals surface area contributed by atoms with Gasteiger partial charge in [-0.1, -0.05) is 43.2 Å². The molecule has 1 unspecified atom stereocenters. The molecule has 4 atom stereocenters. The van der Waals surface area contributed by atoms with Gasteiger partial charge in [0, 0.05) is 31.2 Å². The smallest absolute Gasteiger partial charge is 0.410 e. The second kappa shape index (κ2) is 8.04. The number of carbonyl (C=O) groups excluding carboxylic acids is 3. The molecule has 0 aromatic heterocycles. The Labute approximate surface area is 193 Å². The summed E-state index contributed by atoms with van der Waals surface area (Å²) >= 11 is 0. The van der Waals surface area contributed by atoms with E-state index in [2.05, 4.69) is 0 Å². The fourth-order valence-corrected chi connectivity index (χ4v) is 6.34. The molecule has 172 valence electrons. The van der Waals surface area contributed by atoms with Crippen LogP contribution in [-0.2, 0) is 9.53 Å². The Bertz CT molecular complexity index is 1120. The van der Waals surface area contributed by atoms with Gasteiger partial charge in [0.15, 0.2) is 0 Å². The molecule has 33 heavy (non-hydrogen) atoms. The van der Waals surface area contributed by atoms with Gasteiger partial charge in [-0.15, -0.1) is 0 Å². The fraction of sp³-hybridized carbons (Fsp3) is 0.500. The zero-order valence-electron chi connectivity index (χ0n) is 18.7. The molecule has 2 aromatic carbocycles. The van der Waals surface area contributed by atoms with Crippen molar-refractivity contribution in [3.8, 4) is 0 Å². The van der Waals surface area contributed by atoms with Crippen LogP contribution in [0, 0.1) is 5.92 Å². The lowest BCUT2D eigenvalue weighted by Gasteiger charge is -2.39.